The molecular weight excluding hydrogens is 434 g/mol. The van der Waals surface area contributed by atoms with E-state index in [0.717, 1.165) is 23.2 Å². The van der Waals surface area contributed by atoms with Gasteiger partial charge in [0.25, 0.3) is 6.29 Å². The van der Waals surface area contributed by atoms with Crippen molar-refractivity contribution in [2.45, 2.75) is 31.8 Å². The van der Waals surface area contributed by atoms with Crippen LogP contribution in [0.3, 0.4) is 0 Å². The van der Waals surface area contributed by atoms with Gasteiger partial charge in [-0.1, -0.05) is 22.0 Å². The van der Waals surface area contributed by atoms with Crippen LogP contribution in [0.25, 0.3) is 0 Å². The minimum Gasteiger partial charge on any atom is -0.422 e. The molecule has 0 aromatic heterocycles. The van der Waals surface area contributed by atoms with Gasteiger partial charge in [-0.15, -0.1) is 0 Å². The van der Waals surface area contributed by atoms with Gasteiger partial charge in [0, 0.05) is 18.3 Å². The molecule has 1 aromatic rings. The van der Waals surface area contributed by atoms with Crippen LogP contribution in [-0.2, 0) is 33.4 Å². The molecule has 2 bridgehead atoms. The Hall–Kier alpha value is -2.52. The molecule has 0 spiro atoms. The number of amides is 2. The number of nitrogens with zero attached hydrogens (tertiary/aromatic N) is 1. The number of ether oxygens (including phenoxy) is 3. The Bertz CT molecular complexity index is 895. The van der Waals surface area contributed by atoms with Crippen molar-refractivity contribution in [3.05, 3.63) is 40.9 Å². The van der Waals surface area contributed by atoms with E-state index >= 15 is 0 Å². The second-order valence-corrected chi connectivity index (χ2v) is 7.75. The number of anilines is 1. The Kier molecular flexibility index (Phi) is 4.39. The molecule has 0 radical (unpaired) electrons. The summed E-state index contributed by atoms with van der Waals surface area (Å²) in [6.07, 6.45) is 1.04. The molecule has 28 heavy (non-hydrogen) atoms. The van der Waals surface area contributed by atoms with Gasteiger partial charge in [-0.25, -0.2) is 4.90 Å². The van der Waals surface area contributed by atoms with Crippen LogP contribution in [0.4, 0.5) is 5.69 Å². The van der Waals surface area contributed by atoms with Crippen molar-refractivity contribution in [3.63, 3.8) is 0 Å². The molecule has 1 aromatic carbocycles. The van der Waals surface area contributed by atoms with E-state index < -0.39 is 53.6 Å². The molecule has 146 valence electrons. The zero-order valence-electron chi connectivity index (χ0n) is 15.0. The highest BCUT2D eigenvalue weighted by molar-refractivity contribution is 9.10. The zero-order chi connectivity index (χ0) is 20.2. The number of rotatable bonds is 4. The predicted octanol–water partition coefficient (Wildman–Crippen LogP) is 1.71. The third-order valence-electron chi connectivity index (χ3n) is 5.08. The van der Waals surface area contributed by atoms with Crippen molar-refractivity contribution < 1.29 is 33.4 Å². The molecule has 0 saturated carbocycles. The number of imide groups is 1. The second-order valence-electron chi connectivity index (χ2n) is 6.84. The first-order chi connectivity index (χ1) is 13.2. The third kappa shape index (κ3) is 2.68. The topological polar surface area (TPSA) is 99.2 Å². The fraction of sp³-hybridized carbons (Fsp3) is 0.368. The number of esters is 2. The lowest BCUT2D eigenvalue weighted by molar-refractivity contribution is -0.226. The van der Waals surface area contributed by atoms with Crippen LogP contribution in [-0.4, -0.2) is 41.7 Å². The van der Waals surface area contributed by atoms with Gasteiger partial charge in [0.05, 0.1) is 23.6 Å². The molecule has 3 aliphatic heterocycles. The number of carbonyl (C=O) groups excluding carboxylic acids is 4. The molecule has 2 saturated heterocycles. The largest absolute Gasteiger partial charge is 0.422 e. The quantitative estimate of drug-likeness (QED) is 0.298. The molecule has 0 unspecified atom stereocenters. The fourth-order valence-electron chi connectivity index (χ4n) is 4.06. The first kappa shape index (κ1) is 18.8. The lowest BCUT2D eigenvalue weighted by atomic mass is 9.76. The average molecular weight is 450 g/mol. The van der Waals surface area contributed by atoms with Crippen molar-refractivity contribution in [1.82, 2.24) is 0 Å². The van der Waals surface area contributed by atoms with Crippen LogP contribution in [0, 0.1) is 11.8 Å². The summed E-state index contributed by atoms with van der Waals surface area (Å²) in [6.45, 7) is 2.32. The van der Waals surface area contributed by atoms with E-state index in [1.165, 1.54) is 0 Å². The number of benzene rings is 1. The monoisotopic (exact) mass is 449 g/mol. The summed E-state index contributed by atoms with van der Waals surface area (Å²) in [5.74, 6) is -4.05. The highest BCUT2D eigenvalue weighted by Crippen LogP contribution is 2.54. The van der Waals surface area contributed by atoms with Crippen LogP contribution >= 0.6 is 15.9 Å². The van der Waals surface area contributed by atoms with Gasteiger partial charge in [0.2, 0.25) is 11.8 Å². The highest BCUT2D eigenvalue weighted by Gasteiger charge is 2.72. The average Bonchev–Trinajstić information content (AvgIpc) is 3.26. The maximum Gasteiger partial charge on any atom is 0.305 e. The molecule has 0 aliphatic carbocycles. The third-order valence-corrected chi connectivity index (χ3v) is 5.61. The van der Waals surface area contributed by atoms with Crippen molar-refractivity contribution >= 4 is 45.4 Å². The number of hydrogen-bond donors (Lipinski definition) is 0. The first-order valence-electron chi connectivity index (χ1n) is 8.59. The highest BCUT2D eigenvalue weighted by atomic mass is 79.9. The molecule has 2 amide bonds. The summed E-state index contributed by atoms with van der Waals surface area (Å²) in [5.41, 5.74) is -1.11. The van der Waals surface area contributed by atoms with Gasteiger partial charge in [-0.2, -0.15) is 0 Å². The summed E-state index contributed by atoms with van der Waals surface area (Å²) >= 11 is 3.32. The number of halogens is 1. The fourth-order valence-corrected chi connectivity index (χ4v) is 4.33. The van der Waals surface area contributed by atoms with Crippen LogP contribution in [0.2, 0.25) is 0 Å². The minimum atomic E-state index is -1.54. The van der Waals surface area contributed by atoms with Crippen molar-refractivity contribution in [3.8, 4) is 0 Å². The molecular formula is C19H16BrNO7. The van der Waals surface area contributed by atoms with Crippen molar-refractivity contribution in [2.75, 3.05) is 4.90 Å². The first-order valence-corrected chi connectivity index (χ1v) is 9.39. The van der Waals surface area contributed by atoms with Crippen LogP contribution in [0.15, 0.2) is 40.9 Å². The van der Waals surface area contributed by atoms with E-state index in [1.807, 2.05) is 0 Å². The molecule has 3 aliphatic rings. The Balaban J connectivity index is 1.74. The molecule has 3 heterocycles. The maximum absolute atomic E-state index is 13.3. The zero-order valence-corrected chi connectivity index (χ0v) is 16.5. The molecule has 0 N–H and O–H groups in total. The van der Waals surface area contributed by atoms with E-state index in [2.05, 4.69) is 15.9 Å². The van der Waals surface area contributed by atoms with Crippen LogP contribution in [0.1, 0.15) is 13.8 Å². The smallest absolute Gasteiger partial charge is 0.305 e. The SMILES string of the molecule is CC(=O)OC(OC(C)=O)[C@@]12C=C[C@H](O1)[C@H]1C(=O)N(c3ccc(Br)cc3)C(=O)[C@@H]12. The summed E-state index contributed by atoms with van der Waals surface area (Å²) in [7, 11) is 0. The van der Waals surface area contributed by atoms with Gasteiger partial charge >= 0.3 is 11.9 Å². The number of carbonyl (C=O) groups is 4. The van der Waals surface area contributed by atoms with Crippen molar-refractivity contribution in [1.29, 1.82) is 0 Å². The number of hydrogen-bond acceptors (Lipinski definition) is 7. The van der Waals surface area contributed by atoms with E-state index in [-0.39, 0.29) is 0 Å². The van der Waals surface area contributed by atoms with E-state index in [9.17, 15) is 19.2 Å². The predicted molar refractivity (Wildman–Crippen MR) is 97.7 cm³/mol. The minimum absolute atomic E-state index is 0.405. The summed E-state index contributed by atoms with van der Waals surface area (Å²) in [5, 5.41) is 0. The van der Waals surface area contributed by atoms with Gasteiger partial charge in [-0.3, -0.25) is 19.2 Å². The lowest BCUT2D eigenvalue weighted by Crippen LogP contribution is -2.52. The summed E-state index contributed by atoms with van der Waals surface area (Å²) < 4.78 is 17.0. The van der Waals surface area contributed by atoms with E-state index in [1.54, 1.807) is 36.4 Å². The lowest BCUT2D eigenvalue weighted by Gasteiger charge is -2.34. The summed E-state index contributed by atoms with van der Waals surface area (Å²) in [4.78, 5) is 50.5. The number of fused-ring (bicyclic) bond motifs is 5. The van der Waals surface area contributed by atoms with Gasteiger partial charge in [-0.05, 0) is 30.3 Å². The van der Waals surface area contributed by atoms with Gasteiger partial charge < -0.3 is 14.2 Å². The molecule has 9 heteroatoms. The second kappa shape index (κ2) is 6.52. The Morgan fingerprint density at radius 1 is 1.11 bits per heavy atom. The van der Waals surface area contributed by atoms with Crippen LogP contribution in [0.5, 0.6) is 0 Å². The van der Waals surface area contributed by atoms with E-state index in [0.29, 0.717) is 5.69 Å². The van der Waals surface area contributed by atoms with Gasteiger partial charge in [0.1, 0.15) is 0 Å². The molecule has 8 nitrogen and oxygen atoms in total. The normalized spacial score (nSPS) is 30.1. The van der Waals surface area contributed by atoms with E-state index in [4.69, 9.17) is 14.2 Å². The standard InChI is InChI=1S/C19H16BrNO7/c1-9(22)26-18(27-10(2)23)19-8-7-13(28-19)14-15(19)17(25)21(16(14)24)12-5-3-11(20)4-6-12/h3-8,13-15,18H,1-2H3/t13-,14+,15+,19-/m0/s1. The maximum atomic E-state index is 13.3. The molecule has 2 fully saturated rings. The summed E-state index contributed by atoms with van der Waals surface area (Å²) in [6, 6.07) is 6.76. The Morgan fingerprint density at radius 2 is 1.71 bits per heavy atom. The Morgan fingerprint density at radius 3 is 2.29 bits per heavy atom. The van der Waals surface area contributed by atoms with Crippen LogP contribution < -0.4 is 4.90 Å². The Labute approximate surface area is 168 Å². The van der Waals surface area contributed by atoms with Crippen molar-refractivity contribution in [2.24, 2.45) is 11.8 Å². The molecule has 4 rings (SSSR count). The van der Waals surface area contributed by atoms with Gasteiger partial charge in [0.15, 0.2) is 5.60 Å². The molecule has 4 atom stereocenters.